The van der Waals surface area contributed by atoms with Crippen molar-refractivity contribution in [2.45, 2.75) is 141 Å². The van der Waals surface area contributed by atoms with E-state index in [-0.39, 0.29) is 66.9 Å². The van der Waals surface area contributed by atoms with Crippen molar-refractivity contribution >= 4 is 28.6 Å². The van der Waals surface area contributed by atoms with Crippen LogP contribution in [0.5, 0.6) is 11.5 Å². The molecule has 0 aliphatic carbocycles. The molecular formula is C51H72N5O10PSi. The first-order valence-electron chi connectivity index (χ1n) is 23.5. The molecule has 5 rings (SSSR count). The Morgan fingerprint density at radius 2 is 1.38 bits per heavy atom. The van der Waals surface area contributed by atoms with Crippen molar-refractivity contribution in [1.82, 2.24) is 14.2 Å². The molecule has 0 spiro atoms. The van der Waals surface area contributed by atoms with Crippen LogP contribution in [-0.4, -0.2) is 93.1 Å². The molecule has 1 saturated heterocycles. The molecule has 1 fully saturated rings. The maximum absolute atomic E-state index is 14.1. The Hall–Kier alpha value is -4.53. The largest absolute Gasteiger partial charge is 0.497 e. The number of nitrogens with one attached hydrogen (secondary N) is 1. The van der Waals surface area contributed by atoms with E-state index < -0.39 is 52.7 Å². The molecule has 1 aliphatic rings. The fourth-order valence-corrected chi connectivity index (χ4v) is 16.7. The van der Waals surface area contributed by atoms with Gasteiger partial charge in [-0.2, -0.15) is 10.2 Å². The van der Waals surface area contributed by atoms with Gasteiger partial charge in [-0.15, -0.1) is 0 Å². The summed E-state index contributed by atoms with van der Waals surface area (Å²) in [6.45, 7) is 22.8. The molecule has 0 saturated carbocycles. The SMILES string of the molecule is COc1ccc(C(OCC2OC(n3ccc(NC(C)=O)nc3=O)C(OCO[Si](C(C)C)(C(C)C)C(C)C)C2OP(OCCC#N)N(C(C)C)C(C)C)(c2ccccc2)c2ccc(OC)cc2)cc1. The Labute approximate surface area is 405 Å². The zero-order chi connectivity index (χ0) is 49.8. The van der Waals surface area contributed by atoms with Crippen LogP contribution in [0.1, 0.15) is 106 Å². The number of nitriles is 1. The van der Waals surface area contributed by atoms with Crippen LogP contribution in [0.25, 0.3) is 0 Å². The number of hydrogen-bond donors (Lipinski definition) is 1. The Kier molecular flexibility index (Phi) is 19.9. The molecule has 0 bridgehead atoms. The van der Waals surface area contributed by atoms with Crippen molar-refractivity contribution in [3.05, 3.63) is 118 Å². The van der Waals surface area contributed by atoms with Crippen molar-refractivity contribution < 1.29 is 42.0 Å². The minimum Gasteiger partial charge on any atom is -0.497 e. The molecule has 5 unspecified atom stereocenters. The third-order valence-electron chi connectivity index (χ3n) is 12.5. The number of hydrogen-bond acceptors (Lipinski definition) is 13. The first kappa shape index (κ1) is 54.4. The van der Waals surface area contributed by atoms with Crippen molar-refractivity contribution in [2.24, 2.45) is 0 Å². The summed E-state index contributed by atoms with van der Waals surface area (Å²) in [6, 6.07) is 29.1. The lowest BCUT2D eigenvalue weighted by Gasteiger charge is -2.42. The summed E-state index contributed by atoms with van der Waals surface area (Å²) in [5, 5.41) is 12.2. The van der Waals surface area contributed by atoms with Crippen LogP contribution in [0.2, 0.25) is 16.6 Å². The van der Waals surface area contributed by atoms with Crippen molar-refractivity contribution in [1.29, 1.82) is 5.26 Å². The standard InChI is InChI=1S/C51H72N5O10PSi/c1-34(2)56(35(3)4)67(63-31-17-29-52)66-47-45(32-62-51(40-18-15-14-16-19-40,41-20-24-43(59-12)25-21-41)42-22-26-44(60-13)27-23-42)65-49(55-30-28-46(53-39(11)57)54-50(55)58)48(47)61-33-64-68(36(5)6,37(7)8)38(9)10/h14-16,18-28,30,34-38,45,47-49H,17,31-33H2,1-13H3,(H,53,54,57,58). The number of benzene rings is 3. The van der Waals surface area contributed by atoms with E-state index in [1.54, 1.807) is 20.3 Å². The number of aromatic nitrogens is 2. The average Bonchev–Trinajstić information content (AvgIpc) is 3.63. The van der Waals surface area contributed by atoms with Crippen molar-refractivity contribution in [2.75, 3.05) is 39.5 Å². The van der Waals surface area contributed by atoms with Gasteiger partial charge in [0.2, 0.25) is 14.2 Å². The molecule has 0 radical (unpaired) electrons. The van der Waals surface area contributed by atoms with Gasteiger partial charge in [0.1, 0.15) is 48.0 Å². The number of rotatable bonds is 25. The second kappa shape index (κ2) is 24.8. The zero-order valence-electron chi connectivity index (χ0n) is 42.0. The second-order valence-electron chi connectivity index (χ2n) is 18.4. The summed E-state index contributed by atoms with van der Waals surface area (Å²) in [6.07, 6.45) is -2.30. The van der Waals surface area contributed by atoms with Crippen molar-refractivity contribution in [3.8, 4) is 17.6 Å². The van der Waals surface area contributed by atoms with Gasteiger partial charge < -0.3 is 42.5 Å². The summed E-state index contributed by atoms with van der Waals surface area (Å²) in [7, 11) is -1.10. The summed E-state index contributed by atoms with van der Waals surface area (Å²) in [5.41, 5.74) is 1.31. The summed E-state index contributed by atoms with van der Waals surface area (Å²) >= 11 is 0. The molecule has 3 aromatic carbocycles. The second-order valence-corrected chi connectivity index (χ2v) is 25.3. The lowest BCUT2D eigenvalue weighted by Crippen LogP contribution is -2.49. The van der Waals surface area contributed by atoms with E-state index in [9.17, 15) is 14.9 Å². The van der Waals surface area contributed by atoms with Gasteiger partial charge in [0, 0.05) is 25.2 Å². The van der Waals surface area contributed by atoms with Crippen LogP contribution in [0.4, 0.5) is 5.82 Å². The van der Waals surface area contributed by atoms with Gasteiger partial charge in [-0.05, 0) is 91.3 Å². The number of methoxy groups -OCH3 is 2. The number of nitrogens with zero attached hydrogens (tertiary/aromatic N) is 4. The molecule has 1 N–H and O–H groups in total. The van der Waals surface area contributed by atoms with Crippen LogP contribution < -0.4 is 20.5 Å². The van der Waals surface area contributed by atoms with E-state index in [0.29, 0.717) is 11.5 Å². The molecule has 17 heteroatoms. The molecule has 5 atom stereocenters. The molecule has 68 heavy (non-hydrogen) atoms. The fraction of sp³-hybridized carbons (Fsp3) is 0.529. The van der Waals surface area contributed by atoms with Gasteiger partial charge in [0.25, 0.3) is 8.53 Å². The van der Waals surface area contributed by atoms with Gasteiger partial charge in [-0.1, -0.05) is 96.1 Å². The highest BCUT2D eigenvalue weighted by Crippen LogP contribution is 2.52. The van der Waals surface area contributed by atoms with Gasteiger partial charge in [-0.3, -0.25) is 9.36 Å². The summed E-state index contributed by atoms with van der Waals surface area (Å²) in [5.74, 6) is 1.08. The Bertz CT molecular complexity index is 2210. The quantitative estimate of drug-likeness (QED) is 0.0220. The molecule has 15 nitrogen and oxygen atoms in total. The first-order valence-corrected chi connectivity index (χ1v) is 26.7. The third kappa shape index (κ3) is 12.4. The van der Waals surface area contributed by atoms with Crippen LogP contribution in [-0.2, 0) is 38.1 Å². The highest BCUT2D eigenvalue weighted by atomic mass is 31.2. The van der Waals surface area contributed by atoms with E-state index in [1.807, 2.05) is 78.9 Å². The molecule has 1 aliphatic heterocycles. The maximum atomic E-state index is 14.1. The van der Waals surface area contributed by atoms with E-state index in [4.69, 9.17) is 37.2 Å². The van der Waals surface area contributed by atoms with E-state index in [0.717, 1.165) is 16.7 Å². The van der Waals surface area contributed by atoms with Crippen LogP contribution >= 0.6 is 8.53 Å². The van der Waals surface area contributed by atoms with Crippen LogP contribution in [0, 0.1) is 11.3 Å². The van der Waals surface area contributed by atoms with Crippen LogP contribution in [0.15, 0.2) is 95.9 Å². The number of amides is 1. The van der Waals surface area contributed by atoms with Gasteiger partial charge in [-0.25, -0.2) is 9.46 Å². The Morgan fingerprint density at radius 3 is 1.85 bits per heavy atom. The van der Waals surface area contributed by atoms with E-state index >= 15 is 0 Å². The molecular weight excluding hydrogens is 902 g/mol. The number of ether oxygens (including phenoxy) is 5. The minimum absolute atomic E-state index is 0.0301. The fourth-order valence-electron chi connectivity index (χ4n) is 9.62. The third-order valence-corrected chi connectivity index (χ3v) is 20.6. The lowest BCUT2D eigenvalue weighted by atomic mass is 9.80. The number of carbonyl (C=O) groups is 1. The predicted molar refractivity (Wildman–Crippen MR) is 267 cm³/mol. The van der Waals surface area contributed by atoms with Gasteiger partial charge in [0.05, 0.1) is 39.9 Å². The minimum atomic E-state index is -2.47. The Morgan fingerprint density at radius 1 is 0.838 bits per heavy atom. The number of carbonyl (C=O) groups excluding carboxylic acids is 1. The molecule has 370 valence electrons. The first-order chi connectivity index (χ1) is 32.4. The highest BCUT2D eigenvalue weighted by Gasteiger charge is 2.53. The molecule has 4 aromatic rings. The van der Waals surface area contributed by atoms with E-state index in [2.05, 4.69) is 90.3 Å². The average molecular weight is 974 g/mol. The Balaban J connectivity index is 1.73. The van der Waals surface area contributed by atoms with Gasteiger partial charge in [0.15, 0.2) is 6.23 Å². The van der Waals surface area contributed by atoms with Crippen LogP contribution in [0.3, 0.4) is 0 Å². The van der Waals surface area contributed by atoms with E-state index in [1.165, 1.54) is 17.7 Å². The topological polar surface area (TPSA) is 165 Å². The smallest absolute Gasteiger partial charge is 0.351 e. The summed E-state index contributed by atoms with van der Waals surface area (Å²) < 4.78 is 56.9. The maximum Gasteiger partial charge on any atom is 0.351 e. The lowest BCUT2D eigenvalue weighted by molar-refractivity contribution is -0.116. The molecule has 1 aromatic heterocycles. The van der Waals surface area contributed by atoms with Crippen molar-refractivity contribution in [3.63, 3.8) is 0 Å². The predicted octanol–water partition coefficient (Wildman–Crippen LogP) is 10.3. The zero-order valence-corrected chi connectivity index (χ0v) is 43.9. The normalized spacial score (nSPS) is 18.2. The molecule has 1 amide bonds. The monoisotopic (exact) mass is 973 g/mol. The molecule has 2 heterocycles. The number of anilines is 1. The highest BCUT2D eigenvalue weighted by molar-refractivity contribution is 7.44. The summed E-state index contributed by atoms with van der Waals surface area (Å²) in [4.78, 5) is 30.4. The van der Waals surface area contributed by atoms with Gasteiger partial charge >= 0.3 is 5.69 Å².